The van der Waals surface area contributed by atoms with E-state index in [1.165, 1.54) is 19.3 Å². The smallest absolute Gasteiger partial charge is 0.253 e. The summed E-state index contributed by atoms with van der Waals surface area (Å²) in [5.74, 6) is 0.797. The molecule has 1 aliphatic rings. The van der Waals surface area contributed by atoms with Crippen LogP contribution in [0.15, 0.2) is 24.3 Å². The van der Waals surface area contributed by atoms with Crippen molar-refractivity contribution in [1.82, 2.24) is 4.90 Å². The number of aliphatic hydroxyl groups excluding tert-OH is 1. The Morgan fingerprint density at radius 1 is 1.29 bits per heavy atom. The molecule has 1 aromatic carbocycles. The predicted molar refractivity (Wildman–Crippen MR) is 82.6 cm³/mol. The standard InChI is InChI=1S/C17H25NO3/c1-2-3-4-5-12-21-16-8-6-14(7-9-16)17(20)18-11-10-15(19)13-18/h6-9,15,19H,2-5,10-13H2,1H3/t15-/m1/s1. The van der Waals surface area contributed by atoms with E-state index in [4.69, 9.17) is 4.74 Å². The number of carbonyl (C=O) groups excluding carboxylic acids is 1. The lowest BCUT2D eigenvalue weighted by Gasteiger charge is -2.15. The number of benzene rings is 1. The molecule has 1 aliphatic heterocycles. The Kier molecular flexibility index (Phi) is 6.05. The van der Waals surface area contributed by atoms with Crippen molar-refractivity contribution >= 4 is 5.91 Å². The summed E-state index contributed by atoms with van der Waals surface area (Å²) in [7, 11) is 0. The van der Waals surface area contributed by atoms with Gasteiger partial charge in [0.25, 0.3) is 5.91 Å². The quantitative estimate of drug-likeness (QED) is 0.786. The van der Waals surface area contributed by atoms with Gasteiger partial charge in [-0.25, -0.2) is 0 Å². The molecule has 0 saturated carbocycles. The van der Waals surface area contributed by atoms with Gasteiger partial charge >= 0.3 is 0 Å². The van der Waals surface area contributed by atoms with Crippen molar-refractivity contribution in [3.63, 3.8) is 0 Å². The van der Waals surface area contributed by atoms with Crippen molar-refractivity contribution in [2.45, 2.75) is 45.1 Å². The Hall–Kier alpha value is -1.55. The summed E-state index contributed by atoms with van der Waals surface area (Å²) in [6.45, 7) is 3.99. The lowest BCUT2D eigenvalue weighted by Crippen LogP contribution is -2.29. The zero-order valence-corrected chi connectivity index (χ0v) is 12.8. The monoisotopic (exact) mass is 291 g/mol. The number of hydrogen-bond acceptors (Lipinski definition) is 3. The molecule has 0 aliphatic carbocycles. The number of rotatable bonds is 7. The van der Waals surface area contributed by atoms with Gasteiger partial charge in [0.2, 0.25) is 0 Å². The Morgan fingerprint density at radius 2 is 2.05 bits per heavy atom. The first-order valence-corrected chi connectivity index (χ1v) is 7.91. The minimum absolute atomic E-state index is 0.0129. The van der Waals surface area contributed by atoms with E-state index in [0.29, 0.717) is 25.1 Å². The van der Waals surface area contributed by atoms with E-state index >= 15 is 0 Å². The van der Waals surface area contributed by atoms with Crippen LogP contribution >= 0.6 is 0 Å². The van der Waals surface area contributed by atoms with Gasteiger partial charge in [-0.15, -0.1) is 0 Å². The minimum Gasteiger partial charge on any atom is -0.494 e. The fourth-order valence-corrected chi connectivity index (χ4v) is 2.52. The highest BCUT2D eigenvalue weighted by Crippen LogP contribution is 2.17. The number of likely N-dealkylation sites (tertiary alicyclic amines) is 1. The molecule has 1 N–H and O–H groups in total. The summed E-state index contributed by atoms with van der Waals surface area (Å²) in [4.78, 5) is 13.9. The van der Waals surface area contributed by atoms with Crippen LogP contribution in [0.2, 0.25) is 0 Å². The molecule has 0 radical (unpaired) electrons. The molecule has 0 unspecified atom stereocenters. The Bertz CT molecular complexity index is 444. The lowest BCUT2D eigenvalue weighted by atomic mass is 10.2. The maximum atomic E-state index is 12.2. The van der Waals surface area contributed by atoms with Crippen LogP contribution in [0.5, 0.6) is 5.75 Å². The molecular formula is C17H25NO3. The maximum Gasteiger partial charge on any atom is 0.253 e. The SMILES string of the molecule is CCCCCCOc1ccc(C(=O)N2CC[C@@H](O)C2)cc1. The van der Waals surface area contributed by atoms with E-state index in [2.05, 4.69) is 6.92 Å². The van der Waals surface area contributed by atoms with E-state index in [-0.39, 0.29) is 12.0 Å². The largest absolute Gasteiger partial charge is 0.494 e. The van der Waals surface area contributed by atoms with Gasteiger partial charge in [0.1, 0.15) is 5.75 Å². The van der Waals surface area contributed by atoms with Crippen molar-refractivity contribution in [3.8, 4) is 5.75 Å². The van der Waals surface area contributed by atoms with Crippen LogP contribution in [0.25, 0.3) is 0 Å². The average molecular weight is 291 g/mol. The number of unbranched alkanes of at least 4 members (excludes halogenated alkanes) is 3. The molecule has 1 fully saturated rings. The molecule has 1 atom stereocenters. The van der Waals surface area contributed by atoms with Crippen molar-refractivity contribution in [3.05, 3.63) is 29.8 Å². The first-order chi connectivity index (χ1) is 10.2. The molecule has 1 saturated heterocycles. The summed E-state index contributed by atoms with van der Waals surface area (Å²) in [5, 5.41) is 9.48. The number of carbonyl (C=O) groups is 1. The molecule has 0 aromatic heterocycles. The molecular weight excluding hydrogens is 266 g/mol. The second-order valence-electron chi connectivity index (χ2n) is 5.63. The molecule has 0 spiro atoms. The van der Waals surface area contributed by atoms with E-state index in [1.54, 1.807) is 17.0 Å². The summed E-state index contributed by atoms with van der Waals surface area (Å²) >= 11 is 0. The van der Waals surface area contributed by atoms with Crippen molar-refractivity contribution < 1.29 is 14.6 Å². The van der Waals surface area contributed by atoms with Gasteiger partial charge in [0.15, 0.2) is 0 Å². The summed E-state index contributed by atoms with van der Waals surface area (Å²) in [6.07, 6.45) is 5.04. The van der Waals surface area contributed by atoms with Crippen molar-refractivity contribution in [1.29, 1.82) is 0 Å². The molecule has 0 bridgehead atoms. The highest BCUT2D eigenvalue weighted by molar-refractivity contribution is 5.94. The van der Waals surface area contributed by atoms with Gasteiger partial charge in [-0.05, 0) is 37.1 Å². The molecule has 116 valence electrons. The third-order valence-corrected chi connectivity index (χ3v) is 3.82. The average Bonchev–Trinajstić information content (AvgIpc) is 2.93. The molecule has 4 nitrogen and oxygen atoms in total. The number of β-amino-alcohol motifs (C(OH)–C–C–N with tert-alkyl or cyclic N) is 1. The van der Waals surface area contributed by atoms with Crippen LogP contribution in [0, 0.1) is 0 Å². The highest BCUT2D eigenvalue weighted by Gasteiger charge is 2.25. The van der Waals surface area contributed by atoms with Gasteiger partial charge < -0.3 is 14.7 Å². The lowest BCUT2D eigenvalue weighted by molar-refractivity contribution is 0.0765. The number of aliphatic hydroxyl groups is 1. The number of ether oxygens (including phenoxy) is 1. The van der Waals surface area contributed by atoms with Gasteiger partial charge in [-0.2, -0.15) is 0 Å². The third-order valence-electron chi connectivity index (χ3n) is 3.82. The summed E-state index contributed by atoms with van der Waals surface area (Å²) in [6, 6.07) is 7.29. The number of amides is 1. The second-order valence-corrected chi connectivity index (χ2v) is 5.63. The zero-order valence-electron chi connectivity index (χ0n) is 12.8. The Morgan fingerprint density at radius 3 is 2.67 bits per heavy atom. The summed E-state index contributed by atoms with van der Waals surface area (Å²) < 4.78 is 5.66. The predicted octanol–water partition coefficient (Wildman–Crippen LogP) is 2.85. The Balaban J connectivity index is 1.80. The van der Waals surface area contributed by atoms with E-state index in [1.807, 2.05) is 12.1 Å². The first kappa shape index (κ1) is 15.8. The molecule has 21 heavy (non-hydrogen) atoms. The second kappa shape index (κ2) is 8.03. The van der Waals surface area contributed by atoms with Crippen molar-refractivity contribution in [2.75, 3.05) is 19.7 Å². The fraction of sp³-hybridized carbons (Fsp3) is 0.588. The first-order valence-electron chi connectivity index (χ1n) is 7.91. The van der Waals surface area contributed by atoms with Crippen LogP contribution in [-0.4, -0.2) is 41.7 Å². The third kappa shape index (κ3) is 4.74. The normalized spacial score (nSPS) is 18.0. The molecule has 1 aromatic rings. The van der Waals surface area contributed by atoms with Gasteiger partial charge in [-0.1, -0.05) is 26.2 Å². The molecule has 2 rings (SSSR count). The molecule has 1 amide bonds. The minimum atomic E-state index is -0.375. The number of hydrogen-bond donors (Lipinski definition) is 1. The maximum absolute atomic E-state index is 12.2. The topological polar surface area (TPSA) is 49.8 Å². The van der Waals surface area contributed by atoms with Crippen LogP contribution in [0.3, 0.4) is 0 Å². The van der Waals surface area contributed by atoms with Crippen LogP contribution in [-0.2, 0) is 0 Å². The van der Waals surface area contributed by atoms with Gasteiger partial charge in [0.05, 0.1) is 12.7 Å². The van der Waals surface area contributed by atoms with Gasteiger partial charge in [0, 0.05) is 18.7 Å². The zero-order chi connectivity index (χ0) is 15.1. The van der Waals surface area contributed by atoms with E-state index in [0.717, 1.165) is 18.8 Å². The van der Waals surface area contributed by atoms with Crippen LogP contribution < -0.4 is 4.74 Å². The van der Waals surface area contributed by atoms with Crippen LogP contribution in [0.1, 0.15) is 49.4 Å². The molecule has 1 heterocycles. The Labute approximate surface area is 126 Å². The number of nitrogens with zero attached hydrogens (tertiary/aromatic N) is 1. The van der Waals surface area contributed by atoms with Crippen molar-refractivity contribution in [2.24, 2.45) is 0 Å². The van der Waals surface area contributed by atoms with E-state index < -0.39 is 0 Å². The van der Waals surface area contributed by atoms with E-state index in [9.17, 15) is 9.90 Å². The summed E-state index contributed by atoms with van der Waals surface area (Å²) in [5.41, 5.74) is 0.655. The van der Waals surface area contributed by atoms with Crippen LogP contribution in [0.4, 0.5) is 0 Å². The van der Waals surface area contributed by atoms with Gasteiger partial charge in [-0.3, -0.25) is 4.79 Å². The fourth-order valence-electron chi connectivity index (χ4n) is 2.52. The highest BCUT2D eigenvalue weighted by atomic mass is 16.5. The molecule has 4 heteroatoms.